The largest absolute Gasteiger partial charge is 0.468 e. The van der Waals surface area contributed by atoms with Gasteiger partial charge < -0.3 is 4.74 Å². The van der Waals surface area contributed by atoms with Crippen molar-refractivity contribution in [2.45, 2.75) is 30.8 Å². The molecule has 2 atom stereocenters. The Bertz CT molecular complexity index is 571. The monoisotopic (exact) mass is 300 g/mol. The Kier molecular flexibility index (Phi) is 5.67. The Morgan fingerprint density at radius 1 is 1.30 bits per heavy atom. The van der Waals surface area contributed by atoms with E-state index in [-0.39, 0.29) is 16.9 Å². The molecular formula is C13H20N2O4S. The maximum absolute atomic E-state index is 11.7. The van der Waals surface area contributed by atoms with Gasteiger partial charge in [-0.1, -0.05) is 12.1 Å². The fraction of sp³-hybridized carbons (Fsp3) is 0.462. The highest BCUT2D eigenvalue weighted by molar-refractivity contribution is 7.89. The van der Waals surface area contributed by atoms with Crippen molar-refractivity contribution in [3.8, 4) is 0 Å². The number of esters is 1. The van der Waals surface area contributed by atoms with Crippen LogP contribution in [0.15, 0.2) is 29.2 Å². The first-order valence-electron chi connectivity index (χ1n) is 6.19. The lowest BCUT2D eigenvalue weighted by atomic mass is 10.1. The molecule has 0 aliphatic rings. The van der Waals surface area contributed by atoms with Gasteiger partial charge in [-0.25, -0.2) is 13.1 Å². The zero-order chi connectivity index (χ0) is 15.3. The van der Waals surface area contributed by atoms with Crippen molar-refractivity contribution in [2.24, 2.45) is 0 Å². The summed E-state index contributed by atoms with van der Waals surface area (Å²) in [7, 11) is -0.784. The Morgan fingerprint density at radius 3 is 2.50 bits per heavy atom. The lowest BCUT2D eigenvalue weighted by molar-refractivity contribution is -0.142. The second-order valence-corrected chi connectivity index (χ2v) is 6.30. The first-order valence-corrected chi connectivity index (χ1v) is 7.67. The predicted octanol–water partition coefficient (Wildman–Crippen LogP) is 0.807. The van der Waals surface area contributed by atoms with Gasteiger partial charge in [0.25, 0.3) is 0 Å². The number of methoxy groups -OCH3 is 1. The van der Waals surface area contributed by atoms with Crippen molar-refractivity contribution in [3.05, 3.63) is 29.8 Å². The van der Waals surface area contributed by atoms with Gasteiger partial charge in [0.15, 0.2) is 0 Å². The molecule has 1 rings (SSSR count). The highest BCUT2D eigenvalue weighted by atomic mass is 32.2. The summed E-state index contributed by atoms with van der Waals surface area (Å²) < 4.78 is 30.4. The van der Waals surface area contributed by atoms with E-state index in [0.717, 1.165) is 5.56 Å². The molecule has 1 aromatic carbocycles. The third-order valence-electron chi connectivity index (χ3n) is 2.99. The van der Waals surface area contributed by atoms with Crippen LogP contribution in [0.3, 0.4) is 0 Å². The summed E-state index contributed by atoms with van der Waals surface area (Å²) in [6.45, 7) is 3.54. The van der Waals surface area contributed by atoms with E-state index in [4.69, 9.17) is 0 Å². The molecule has 2 N–H and O–H groups in total. The normalized spacial score (nSPS) is 14.6. The third kappa shape index (κ3) is 4.03. The smallest absolute Gasteiger partial charge is 0.322 e. The van der Waals surface area contributed by atoms with Crippen LogP contribution in [0.4, 0.5) is 0 Å². The van der Waals surface area contributed by atoms with Gasteiger partial charge in [0.1, 0.15) is 6.04 Å². The SMILES string of the molecule is CNS(=O)(=O)c1cccc(C(C)NC(C)C(=O)OC)c1. The second-order valence-electron chi connectivity index (χ2n) is 4.41. The van der Waals surface area contributed by atoms with Gasteiger partial charge in [0, 0.05) is 6.04 Å². The van der Waals surface area contributed by atoms with E-state index in [1.54, 1.807) is 25.1 Å². The first kappa shape index (κ1) is 16.6. The number of sulfonamides is 1. The quantitative estimate of drug-likeness (QED) is 0.759. The van der Waals surface area contributed by atoms with Gasteiger partial charge in [-0.15, -0.1) is 0 Å². The van der Waals surface area contributed by atoms with Crippen molar-refractivity contribution in [1.29, 1.82) is 0 Å². The minimum absolute atomic E-state index is 0.184. The molecule has 7 heteroatoms. The zero-order valence-corrected chi connectivity index (χ0v) is 12.8. The van der Waals surface area contributed by atoms with E-state index in [1.165, 1.54) is 20.2 Å². The molecule has 0 aliphatic heterocycles. The van der Waals surface area contributed by atoms with Crippen LogP contribution < -0.4 is 10.0 Å². The van der Waals surface area contributed by atoms with Crippen LogP contribution >= 0.6 is 0 Å². The number of nitrogens with one attached hydrogen (secondary N) is 2. The molecule has 0 spiro atoms. The maximum Gasteiger partial charge on any atom is 0.322 e. The summed E-state index contributed by atoms with van der Waals surface area (Å²) in [4.78, 5) is 11.6. The number of hydrogen-bond acceptors (Lipinski definition) is 5. The Labute approximate surface area is 119 Å². The molecule has 1 aromatic rings. The van der Waals surface area contributed by atoms with Crippen LogP contribution in [-0.4, -0.2) is 34.6 Å². The third-order valence-corrected chi connectivity index (χ3v) is 4.40. The molecular weight excluding hydrogens is 280 g/mol. The highest BCUT2D eigenvalue weighted by Crippen LogP contribution is 2.17. The number of benzene rings is 1. The minimum Gasteiger partial charge on any atom is -0.468 e. The summed E-state index contributed by atoms with van der Waals surface area (Å²) in [6.07, 6.45) is 0. The Hall–Kier alpha value is -1.44. The van der Waals surface area contributed by atoms with E-state index in [1.807, 2.05) is 6.92 Å². The number of carbonyl (C=O) groups is 1. The van der Waals surface area contributed by atoms with Crippen LogP contribution in [0.2, 0.25) is 0 Å². The van der Waals surface area contributed by atoms with Gasteiger partial charge in [0.2, 0.25) is 10.0 Å². The van der Waals surface area contributed by atoms with Crippen molar-refractivity contribution < 1.29 is 17.9 Å². The molecule has 0 fully saturated rings. The van der Waals surface area contributed by atoms with Crippen LogP contribution in [0.5, 0.6) is 0 Å². The molecule has 0 saturated carbocycles. The van der Waals surface area contributed by atoms with E-state index >= 15 is 0 Å². The lowest BCUT2D eigenvalue weighted by Gasteiger charge is -2.19. The molecule has 0 heterocycles. The van der Waals surface area contributed by atoms with Crippen LogP contribution in [0, 0.1) is 0 Å². The molecule has 0 aromatic heterocycles. The topological polar surface area (TPSA) is 84.5 Å². The summed E-state index contributed by atoms with van der Waals surface area (Å²) in [5, 5.41) is 3.05. The minimum atomic E-state index is -3.47. The summed E-state index contributed by atoms with van der Waals surface area (Å²) in [6, 6.07) is 5.91. The van der Waals surface area contributed by atoms with E-state index in [0.29, 0.717) is 0 Å². The summed E-state index contributed by atoms with van der Waals surface area (Å²) in [5.74, 6) is -0.365. The highest BCUT2D eigenvalue weighted by Gasteiger charge is 2.18. The standard InChI is InChI=1S/C13H20N2O4S/c1-9(15-10(2)13(16)19-4)11-6-5-7-12(8-11)20(17,18)14-3/h5-10,14-15H,1-4H3. The van der Waals surface area contributed by atoms with E-state index in [2.05, 4.69) is 14.8 Å². The van der Waals surface area contributed by atoms with Gasteiger partial charge in [-0.05, 0) is 38.6 Å². The van der Waals surface area contributed by atoms with Crippen LogP contribution in [0.1, 0.15) is 25.5 Å². The van der Waals surface area contributed by atoms with Crippen molar-refractivity contribution in [2.75, 3.05) is 14.2 Å². The van der Waals surface area contributed by atoms with Crippen LogP contribution in [0.25, 0.3) is 0 Å². The molecule has 6 nitrogen and oxygen atoms in total. The van der Waals surface area contributed by atoms with E-state index in [9.17, 15) is 13.2 Å². The predicted molar refractivity (Wildman–Crippen MR) is 75.7 cm³/mol. The molecule has 0 saturated heterocycles. The molecule has 0 bridgehead atoms. The van der Waals surface area contributed by atoms with Crippen molar-refractivity contribution in [1.82, 2.24) is 10.0 Å². The number of carbonyl (C=O) groups excluding carboxylic acids is 1. The average Bonchev–Trinajstić information content (AvgIpc) is 2.46. The van der Waals surface area contributed by atoms with Crippen molar-refractivity contribution in [3.63, 3.8) is 0 Å². The van der Waals surface area contributed by atoms with Gasteiger partial charge in [-0.2, -0.15) is 0 Å². The van der Waals surface area contributed by atoms with Gasteiger partial charge in [-0.3, -0.25) is 10.1 Å². The Morgan fingerprint density at radius 2 is 1.95 bits per heavy atom. The molecule has 0 aliphatic carbocycles. The number of ether oxygens (including phenoxy) is 1. The molecule has 112 valence electrons. The zero-order valence-electron chi connectivity index (χ0n) is 12.0. The first-order chi connectivity index (χ1) is 9.31. The van der Waals surface area contributed by atoms with Crippen LogP contribution in [-0.2, 0) is 19.6 Å². The fourth-order valence-corrected chi connectivity index (χ4v) is 2.57. The second kappa shape index (κ2) is 6.83. The summed E-state index contributed by atoms with van der Waals surface area (Å²) >= 11 is 0. The fourth-order valence-electron chi connectivity index (χ4n) is 1.78. The number of hydrogen-bond donors (Lipinski definition) is 2. The molecule has 0 amide bonds. The maximum atomic E-state index is 11.7. The molecule has 0 radical (unpaired) electrons. The number of rotatable bonds is 6. The summed E-state index contributed by atoms with van der Waals surface area (Å²) in [5.41, 5.74) is 0.775. The lowest BCUT2D eigenvalue weighted by Crippen LogP contribution is -2.36. The van der Waals surface area contributed by atoms with Crippen molar-refractivity contribution >= 4 is 16.0 Å². The van der Waals surface area contributed by atoms with Gasteiger partial charge in [0.05, 0.1) is 12.0 Å². The Balaban J connectivity index is 2.92. The molecule has 2 unspecified atom stereocenters. The molecule has 20 heavy (non-hydrogen) atoms. The van der Waals surface area contributed by atoms with E-state index < -0.39 is 16.1 Å². The average molecular weight is 300 g/mol. The van der Waals surface area contributed by atoms with Gasteiger partial charge >= 0.3 is 5.97 Å².